The van der Waals surface area contributed by atoms with Gasteiger partial charge in [-0.1, -0.05) is 18.2 Å². The number of hydrogen-bond acceptors (Lipinski definition) is 6. The molecule has 1 heterocycles. The van der Waals surface area contributed by atoms with Gasteiger partial charge in [0.2, 0.25) is 0 Å². The first-order valence-electron chi connectivity index (χ1n) is 11.8. The summed E-state index contributed by atoms with van der Waals surface area (Å²) in [6.45, 7) is 2.34. The molecule has 4 rings (SSSR count). The van der Waals surface area contributed by atoms with E-state index < -0.39 is 32.4 Å². The first-order valence-corrected chi connectivity index (χ1v) is 13.8. The number of hydrogen-bond donors (Lipinski definition) is 1. The Labute approximate surface area is 222 Å². The van der Waals surface area contributed by atoms with Gasteiger partial charge in [-0.2, -0.15) is 0 Å². The molecule has 3 aromatic carbocycles. The Balaban J connectivity index is 1.34. The van der Waals surface area contributed by atoms with Crippen molar-refractivity contribution in [2.75, 3.05) is 13.7 Å². The van der Waals surface area contributed by atoms with E-state index in [0.717, 1.165) is 26.9 Å². The molecule has 189 valence electrons. The van der Waals surface area contributed by atoms with Crippen molar-refractivity contribution in [2.45, 2.75) is 24.5 Å². The van der Waals surface area contributed by atoms with Gasteiger partial charge in [-0.3, -0.25) is 0 Å². The molecule has 0 saturated carbocycles. The third-order valence-electron chi connectivity index (χ3n) is 5.76. The van der Waals surface area contributed by atoms with Crippen LogP contribution in [0, 0.1) is 6.92 Å². The van der Waals surface area contributed by atoms with Gasteiger partial charge in [-0.25, -0.2) is 0 Å². The van der Waals surface area contributed by atoms with Crippen LogP contribution in [0.5, 0.6) is 5.75 Å². The second-order valence-electron chi connectivity index (χ2n) is 8.33. The normalized spacial score (nSPS) is 11.9. The van der Waals surface area contributed by atoms with Crippen LogP contribution in [0.2, 0.25) is 4.71 Å². The minimum absolute atomic E-state index is 0.367. The van der Waals surface area contributed by atoms with E-state index in [1.807, 2.05) is 67.6 Å². The monoisotopic (exact) mass is 560 g/mol. The van der Waals surface area contributed by atoms with Crippen molar-refractivity contribution in [2.24, 2.45) is 0 Å². The van der Waals surface area contributed by atoms with E-state index in [1.165, 1.54) is 7.11 Å². The molecule has 1 aromatic heterocycles. The van der Waals surface area contributed by atoms with Crippen LogP contribution in [0.4, 0.5) is 0 Å². The Hall–Kier alpha value is -3.83. The Morgan fingerprint density at radius 3 is 2.41 bits per heavy atom. The van der Waals surface area contributed by atoms with Gasteiger partial charge in [-0.15, -0.1) is 0 Å². The number of carbonyl (C=O) groups excluding carboxylic acids is 1. The summed E-state index contributed by atoms with van der Waals surface area (Å²) in [5.74, 6) is 0.743. The Morgan fingerprint density at radius 1 is 1.00 bits per heavy atom. The molecule has 1 radical (unpaired) electrons. The molecule has 0 aliphatic heterocycles. The number of carbonyl (C=O) groups is 2. The minimum atomic E-state index is -0.877. The Bertz CT molecular complexity index is 1350. The molecule has 1 atom stereocenters. The molecular formula is C29H27AsNO6. The predicted octanol–water partition coefficient (Wildman–Crippen LogP) is 4.50. The van der Waals surface area contributed by atoms with Crippen LogP contribution in [-0.2, 0) is 22.4 Å². The van der Waals surface area contributed by atoms with E-state index in [1.54, 1.807) is 18.2 Å². The van der Waals surface area contributed by atoms with Gasteiger partial charge < -0.3 is 0 Å². The molecule has 0 amide bonds. The number of aromatic nitrogens is 1. The SMILES string of the molecule is COC(=O)c1ccccc1[As][C@@H](Cc1ccc(OCCc2nc(-c3ccccc3)oc2C)cc1)C(=O)O. The average molecular weight is 560 g/mol. The molecule has 0 bridgehead atoms. The van der Waals surface area contributed by atoms with Gasteiger partial charge in [0.05, 0.1) is 0 Å². The van der Waals surface area contributed by atoms with E-state index in [2.05, 4.69) is 4.98 Å². The molecule has 7 nitrogen and oxygen atoms in total. The van der Waals surface area contributed by atoms with Crippen molar-refractivity contribution < 1.29 is 28.6 Å². The van der Waals surface area contributed by atoms with Crippen molar-refractivity contribution in [3.8, 4) is 17.2 Å². The zero-order chi connectivity index (χ0) is 26.2. The van der Waals surface area contributed by atoms with Crippen LogP contribution in [-0.4, -0.2) is 51.5 Å². The molecule has 0 fully saturated rings. The van der Waals surface area contributed by atoms with Crippen LogP contribution in [0.3, 0.4) is 0 Å². The number of carboxylic acids is 1. The molecule has 0 unspecified atom stereocenters. The number of ether oxygens (including phenoxy) is 2. The molecule has 0 aliphatic rings. The van der Waals surface area contributed by atoms with Crippen molar-refractivity contribution in [1.82, 2.24) is 4.98 Å². The number of rotatable bonds is 11. The second-order valence-corrected chi connectivity index (χ2v) is 11.2. The molecular weight excluding hydrogens is 533 g/mol. The zero-order valence-corrected chi connectivity index (χ0v) is 22.5. The number of benzene rings is 3. The quantitative estimate of drug-likeness (QED) is 0.213. The molecule has 4 aromatic rings. The summed E-state index contributed by atoms with van der Waals surface area (Å²) >= 11 is -0.799. The maximum absolute atomic E-state index is 12.1. The molecule has 1 N–H and O–H groups in total. The fourth-order valence-corrected chi connectivity index (χ4v) is 6.37. The Kier molecular flexibility index (Phi) is 8.80. The number of aryl methyl sites for hydroxylation is 1. The number of carboxylic acid groups (broad SMARTS) is 1. The summed E-state index contributed by atoms with van der Waals surface area (Å²) in [5, 5.41) is 9.83. The van der Waals surface area contributed by atoms with E-state index in [-0.39, 0.29) is 0 Å². The van der Waals surface area contributed by atoms with Gasteiger partial charge >= 0.3 is 187 Å². The standard InChI is InChI=1S/C29H27AsNO6/c1-19-26(31-27(37-19)21-8-4-3-5-9-21)16-17-36-22-14-12-20(13-15-22)18-25(28(32)33)30-24-11-7-6-10-23(24)29(34)35-2/h3-15,25H,16-18H2,1-2H3,(H,32,33)/t25-/m0/s1. The molecule has 37 heavy (non-hydrogen) atoms. The predicted molar refractivity (Wildman–Crippen MR) is 141 cm³/mol. The number of oxazole rings is 1. The van der Waals surface area contributed by atoms with Crippen LogP contribution in [0.15, 0.2) is 83.3 Å². The van der Waals surface area contributed by atoms with Crippen molar-refractivity contribution in [3.05, 3.63) is 101 Å². The van der Waals surface area contributed by atoms with Crippen molar-refractivity contribution >= 4 is 32.0 Å². The summed E-state index contributed by atoms with van der Waals surface area (Å²) in [4.78, 5) is 28.7. The van der Waals surface area contributed by atoms with Crippen LogP contribution < -0.4 is 9.09 Å². The van der Waals surface area contributed by atoms with Crippen molar-refractivity contribution in [3.63, 3.8) is 0 Å². The van der Waals surface area contributed by atoms with Gasteiger partial charge in [0, 0.05) is 5.56 Å². The van der Waals surface area contributed by atoms with Gasteiger partial charge in [-0.05, 0) is 12.1 Å². The van der Waals surface area contributed by atoms with Crippen LogP contribution in [0.1, 0.15) is 27.4 Å². The first kappa shape index (κ1) is 26.2. The van der Waals surface area contributed by atoms with Crippen LogP contribution in [0.25, 0.3) is 11.5 Å². The first-order chi connectivity index (χ1) is 17.9. The van der Waals surface area contributed by atoms with Crippen LogP contribution >= 0.6 is 0 Å². The Morgan fingerprint density at radius 2 is 1.70 bits per heavy atom. The topological polar surface area (TPSA) is 98.9 Å². The number of methoxy groups -OCH3 is 1. The summed E-state index contributed by atoms with van der Waals surface area (Å²) < 4.78 is 16.7. The number of esters is 1. The summed E-state index contributed by atoms with van der Waals surface area (Å²) in [7, 11) is 1.32. The molecule has 0 saturated heterocycles. The van der Waals surface area contributed by atoms with Gasteiger partial charge in [0.25, 0.3) is 0 Å². The third-order valence-corrected chi connectivity index (χ3v) is 8.66. The summed E-state index contributed by atoms with van der Waals surface area (Å²) in [6, 6.07) is 24.3. The summed E-state index contributed by atoms with van der Waals surface area (Å²) in [5.41, 5.74) is 3.11. The molecule has 0 spiro atoms. The molecule has 8 heteroatoms. The average Bonchev–Trinajstić information content (AvgIpc) is 3.29. The molecule has 0 aliphatic carbocycles. The number of aliphatic carboxylic acids is 1. The fourth-order valence-electron chi connectivity index (χ4n) is 3.80. The van der Waals surface area contributed by atoms with E-state index in [9.17, 15) is 14.7 Å². The third kappa shape index (κ3) is 6.89. The van der Waals surface area contributed by atoms with E-state index in [0.29, 0.717) is 36.7 Å². The summed E-state index contributed by atoms with van der Waals surface area (Å²) in [6.07, 6.45) is 0.972. The van der Waals surface area contributed by atoms with Crippen molar-refractivity contribution in [1.29, 1.82) is 0 Å². The van der Waals surface area contributed by atoms with E-state index >= 15 is 0 Å². The van der Waals surface area contributed by atoms with Gasteiger partial charge in [0.15, 0.2) is 0 Å². The second kappa shape index (κ2) is 12.4. The van der Waals surface area contributed by atoms with Gasteiger partial charge in [0.1, 0.15) is 0 Å². The zero-order valence-electron chi connectivity index (χ0n) is 20.6. The maximum atomic E-state index is 12.1. The number of nitrogens with zero attached hydrogens (tertiary/aromatic N) is 1. The fraction of sp³-hybridized carbons (Fsp3) is 0.207. The van der Waals surface area contributed by atoms with E-state index in [4.69, 9.17) is 13.9 Å².